The van der Waals surface area contributed by atoms with Gasteiger partial charge in [-0.15, -0.1) is 0 Å². The molecule has 3 N–H and O–H groups in total. The van der Waals surface area contributed by atoms with E-state index in [0.717, 1.165) is 6.42 Å². The van der Waals surface area contributed by atoms with Gasteiger partial charge in [-0.2, -0.15) is 0 Å². The number of hydrogen-bond donors (Lipinski definition) is 2. The number of nitrogens with zero attached hydrogens (tertiary/aromatic N) is 2. The Morgan fingerprint density at radius 2 is 2.00 bits per heavy atom. The minimum absolute atomic E-state index is 0.0836. The average Bonchev–Trinajstić information content (AvgIpc) is 2.24. The van der Waals surface area contributed by atoms with Gasteiger partial charge < -0.3 is 10.6 Å². The fourth-order valence-electron chi connectivity index (χ4n) is 1.57. The van der Waals surface area contributed by atoms with Crippen molar-refractivity contribution in [2.75, 3.05) is 39.8 Å². The molecule has 0 aliphatic carbocycles. The van der Waals surface area contributed by atoms with Crippen molar-refractivity contribution < 1.29 is 14.4 Å². The maximum absolute atomic E-state index is 11.7. The van der Waals surface area contributed by atoms with Gasteiger partial charge in [0, 0.05) is 13.6 Å². The Morgan fingerprint density at radius 3 is 2.53 bits per heavy atom. The SMILES string of the molecule is CN(CCCN)C(=O)CN1CC(=O)NC(=O)C1. The maximum Gasteiger partial charge on any atom is 0.240 e. The second-order valence-corrected chi connectivity index (χ2v) is 4.07. The number of rotatable bonds is 5. The fourth-order valence-corrected chi connectivity index (χ4v) is 1.57. The van der Waals surface area contributed by atoms with Crippen LogP contribution >= 0.6 is 0 Å². The number of nitrogens with two attached hydrogens (primary N) is 1. The number of likely N-dealkylation sites (N-methyl/N-ethyl adjacent to an activating group) is 1. The summed E-state index contributed by atoms with van der Waals surface area (Å²) in [6, 6.07) is 0. The standard InChI is InChI=1S/C10H18N4O3/c1-13(4-2-3-11)10(17)7-14-5-8(15)12-9(16)6-14/h2-7,11H2,1H3,(H,12,15,16). The van der Waals surface area contributed by atoms with E-state index in [2.05, 4.69) is 5.32 Å². The molecule has 0 spiro atoms. The van der Waals surface area contributed by atoms with E-state index < -0.39 is 0 Å². The van der Waals surface area contributed by atoms with Gasteiger partial charge in [-0.05, 0) is 13.0 Å². The Kier molecular flexibility index (Phi) is 5.05. The lowest BCUT2D eigenvalue weighted by atomic mass is 10.3. The minimum Gasteiger partial charge on any atom is -0.345 e. The first-order chi connectivity index (χ1) is 8.02. The number of hydrogen-bond acceptors (Lipinski definition) is 5. The van der Waals surface area contributed by atoms with Gasteiger partial charge in [-0.25, -0.2) is 0 Å². The molecule has 17 heavy (non-hydrogen) atoms. The summed E-state index contributed by atoms with van der Waals surface area (Å²) >= 11 is 0. The van der Waals surface area contributed by atoms with E-state index in [1.165, 1.54) is 4.90 Å². The van der Waals surface area contributed by atoms with Gasteiger partial charge in [0.25, 0.3) is 0 Å². The normalized spacial score (nSPS) is 16.8. The average molecular weight is 242 g/mol. The molecule has 1 aliphatic heterocycles. The van der Waals surface area contributed by atoms with E-state index in [0.29, 0.717) is 13.1 Å². The number of carbonyl (C=O) groups is 3. The number of nitrogens with one attached hydrogen (secondary N) is 1. The van der Waals surface area contributed by atoms with Crippen LogP contribution in [0.1, 0.15) is 6.42 Å². The number of amides is 3. The summed E-state index contributed by atoms with van der Waals surface area (Å²) < 4.78 is 0. The fraction of sp³-hybridized carbons (Fsp3) is 0.700. The summed E-state index contributed by atoms with van der Waals surface area (Å²) in [6.07, 6.45) is 0.738. The first kappa shape index (κ1) is 13.6. The Morgan fingerprint density at radius 1 is 1.41 bits per heavy atom. The quantitative estimate of drug-likeness (QED) is 0.531. The molecule has 1 heterocycles. The summed E-state index contributed by atoms with van der Waals surface area (Å²) in [5, 5.41) is 2.19. The largest absolute Gasteiger partial charge is 0.345 e. The van der Waals surface area contributed by atoms with Crippen LogP contribution in [-0.2, 0) is 14.4 Å². The Hall–Kier alpha value is -1.47. The van der Waals surface area contributed by atoms with Crippen LogP contribution in [0.15, 0.2) is 0 Å². The molecule has 0 bridgehead atoms. The molecule has 1 aliphatic rings. The van der Waals surface area contributed by atoms with E-state index in [1.807, 2.05) is 0 Å². The number of imide groups is 1. The van der Waals surface area contributed by atoms with Gasteiger partial charge in [0.1, 0.15) is 0 Å². The molecule has 1 rings (SSSR count). The summed E-state index contributed by atoms with van der Waals surface area (Å²) in [6.45, 7) is 1.37. The molecule has 0 aromatic rings. The van der Waals surface area contributed by atoms with Crippen molar-refractivity contribution in [1.82, 2.24) is 15.1 Å². The van der Waals surface area contributed by atoms with Gasteiger partial charge >= 0.3 is 0 Å². The lowest BCUT2D eigenvalue weighted by Gasteiger charge is -2.26. The Bertz CT molecular complexity index is 303. The number of carbonyl (C=O) groups excluding carboxylic acids is 3. The van der Waals surface area contributed by atoms with Crippen molar-refractivity contribution >= 4 is 17.7 Å². The molecule has 1 fully saturated rings. The van der Waals surface area contributed by atoms with Crippen LogP contribution in [0.25, 0.3) is 0 Å². The van der Waals surface area contributed by atoms with Crippen molar-refractivity contribution in [3.63, 3.8) is 0 Å². The topological polar surface area (TPSA) is 95.7 Å². The number of piperazine rings is 1. The van der Waals surface area contributed by atoms with E-state index in [-0.39, 0.29) is 37.4 Å². The van der Waals surface area contributed by atoms with Gasteiger partial charge in [-0.3, -0.25) is 24.6 Å². The Balaban J connectivity index is 2.39. The zero-order chi connectivity index (χ0) is 12.8. The molecule has 0 unspecified atom stereocenters. The third-order valence-corrected chi connectivity index (χ3v) is 2.50. The third kappa shape index (κ3) is 4.49. The molecule has 0 aromatic carbocycles. The molecule has 7 nitrogen and oxygen atoms in total. The van der Waals surface area contributed by atoms with E-state index in [9.17, 15) is 14.4 Å². The Labute approximate surface area is 99.9 Å². The second-order valence-electron chi connectivity index (χ2n) is 4.07. The molecular weight excluding hydrogens is 224 g/mol. The van der Waals surface area contributed by atoms with Crippen molar-refractivity contribution in [2.24, 2.45) is 5.73 Å². The van der Waals surface area contributed by atoms with E-state index in [4.69, 9.17) is 5.73 Å². The molecule has 1 saturated heterocycles. The van der Waals surface area contributed by atoms with Crippen LogP contribution in [0.2, 0.25) is 0 Å². The summed E-state index contributed by atoms with van der Waals surface area (Å²) in [5.74, 6) is -0.835. The third-order valence-electron chi connectivity index (χ3n) is 2.50. The molecule has 0 saturated carbocycles. The van der Waals surface area contributed by atoms with Crippen LogP contribution in [0, 0.1) is 0 Å². The molecule has 0 radical (unpaired) electrons. The summed E-state index contributed by atoms with van der Waals surface area (Å²) in [5.41, 5.74) is 5.35. The lowest BCUT2D eigenvalue weighted by Crippen LogP contribution is -2.53. The van der Waals surface area contributed by atoms with Crippen molar-refractivity contribution in [3.05, 3.63) is 0 Å². The molecule has 3 amide bonds. The van der Waals surface area contributed by atoms with Crippen molar-refractivity contribution in [1.29, 1.82) is 0 Å². The summed E-state index contributed by atoms with van der Waals surface area (Å²) in [4.78, 5) is 37.0. The van der Waals surface area contributed by atoms with Gasteiger partial charge in [0.2, 0.25) is 17.7 Å². The van der Waals surface area contributed by atoms with E-state index >= 15 is 0 Å². The van der Waals surface area contributed by atoms with Crippen molar-refractivity contribution in [3.8, 4) is 0 Å². The van der Waals surface area contributed by atoms with Crippen LogP contribution in [0.5, 0.6) is 0 Å². The first-order valence-electron chi connectivity index (χ1n) is 5.52. The van der Waals surface area contributed by atoms with Crippen LogP contribution in [0.3, 0.4) is 0 Å². The monoisotopic (exact) mass is 242 g/mol. The summed E-state index contributed by atoms with van der Waals surface area (Å²) in [7, 11) is 1.68. The molecular formula is C10H18N4O3. The predicted molar refractivity (Wildman–Crippen MR) is 60.9 cm³/mol. The van der Waals surface area contributed by atoms with Crippen molar-refractivity contribution in [2.45, 2.75) is 6.42 Å². The van der Waals surface area contributed by atoms with E-state index in [1.54, 1.807) is 11.9 Å². The highest BCUT2D eigenvalue weighted by molar-refractivity contribution is 5.99. The molecule has 0 aromatic heterocycles. The predicted octanol–water partition coefficient (Wildman–Crippen LogP) is -2.25. The van der Waals surface area contributed by atoms with Gasteiger partial charge in [0.15, 0.2) is 0 Å². The molecule has 96 valence electrons. The second kappa shape index (κ2) is 6.31. The van der Waals surface area contributed by atoms with Gasteiger partial charge in [-0.1, -0.05) is 0 Å². The highest BCUT2D eigenvalue weighted by Crippen LogP contribution is 1.97. The maximum atomic E-state index is 11.7. The highest BCUT2D eigenvalue weighted by Gasteiger charge is 2.24. The zero-order valence-electron chi connectivity index (χ0n) is 9.94. The van der Waals surface area contributed by atoms with Crippen LogP contribution in [-0.4, -0.2) is 67.3 Å². The minimum atomic E-state index is -0.362. The molecule has 7 heteroatoms. The zero-order valence-corrected chi connectivity index (χ0v) is 9.94. The molecule has 0 atom stereocenters. The van der Waals surface area contributed by atoms with Crippen LogP contribution in [0.4, 0.5) is 0 Å². The van der Waals surface area contributed by atoms with Gasteiger partial charge in [0.05, 0.1) is 19.6 Å². The first-order valence-corrected chi connectivity index (χ1v) is 5.52. The van der Waals surface area contributed by atoms with Crippen LogP contribution < -0.4 is 11.1 Å². The smallest absolute Gasteiger partial charge is 0.240 e. The highest BCUT2D eigenvalue weighted by atomic mass is 16.2. The lowest BCUT2D eigenvalue weighted by molar-refractivity contribution is -0.138.